The molecule has 3 aromatic rings. The molecule has 0 unspecified atom stereocenters. The van der Waals surface area contributed by atoms with Gasteiger partial charge in [0.25, 0.3) is 5.91 Å². The number of aliphatic hydroxyl groups is 1. The fourth-order valence-corrected chi connectivity index (χ4v) is 5.64. The number of carbonyl (C=O) groups excluding carboxylic acids is 1. The quantitative estimate of drug-likeness (QED) is 0.352. The van der Waals surface area contributed by atoms with Crippen molar-refractivity contribution in [3.05, 3.63) is 64.9 Å². The van der Waals surface area contributed by atoms with Gasteiger partial charge in [-0.25, -0.2) is 4.98 Å². The molecule has 0 spiro atoms. The number of imidazole rings is 1. The average Bonchev–Trinajstić information content (AvgIpc) is 3.21. The molecule has 1 aromatic heterocycles. The SMILES string of the molecule is Cc1c(C(=O)N[C@H]2CCCC[C@H]2O)nc(-c2ccccc2Cl)n1-c1ccc(OS(=O)(=O)CCC(F)(F)F)cc1. The Kier molecular flexibility index (Phi) is 8.57. The van der Waals surface area contributed by atoms with Crippen molar-refractivity contribution in [1.82, 2.24) is 14.9 Å². The fourth-order valence-electron chi connectivity index (χ4n) is 4.45. The van der Waals surface area contributed by atoms with Crippen molar-refractivity contribution in [2.24, 2.45) is 0 Å². The first-order valence-corrected chi connectivity index (χ1v) is 14.2. The number of aromatic nitrogens is 2. The summed E-state index contributed by atoms with van der Waals surface area (Å²) in [5.74, 6) is -1.48. The zero-order chi connectivity index (χ0) is 28.4. The normalized spacial score (nSPS) is 18.1. The summed E-state index contributed by atoms with van der Waals surface area (Å²) in [7, 11) is -4.47. The minimum absolute atomic E-state index is 0.123. The van der Waals surface area contributed by atoms with Crippen LogP contribution < -0.4 is 9.50 Å². The maximum atomic E-state index is 13.2. The van der Waals surface area contributed by atoms with Crippen LogP contribution >= 0.6 is 11.6 Å². The highest BCUT2D eigenvalue weighted by Gasteiger charge is 2.31. The van der Waals surface area contributed by atoms with Gasteiger partial charge in [-0.1, -0.05) is 36.6 Å². The Labute approximate surface area is 228 Å². The molecule has 0 bridgehead atoms. The summed E-state index contributed by atoms with van der Waals surface area (Å²) in [6, 6.07) is 12.1. The van der Waals surface area contributed by atoms with E-state index in [4.69, 9.17) is 15.8 Å². The molecule has 13 heteroatoms. The van der Waals surface area contributed by atoms with E-state index in [1.807, 2.05) is 0 Å². The molecule has 8 nitrogen and oxygen atoms in total. The smallest absolute Gasteiger partial charge is 0.390 e. The second-order valence-electron chi connectivity index (χ2n) is 9.32. The van der Waals surface area contributed by atoms with Crippen LogP contribution in [-0.2, 0) is 10.1 Å². The lowest BCUT2D eigenvalue weighted by Crippen LogP contribution is -2.45. The van der Waals surface area contributed by atoms with Gasteiger partial charge in [-0.3, -0.25) is 9.36 Å². The molecule has 1 heterocycles. The van der Waals surface area contributed by atoms with E-state index in [-0.39, 0.29) is 11.4 Å². The van der Waals surface area contributed by atoms with Crippen molar-refractivity contribution >= 4 is 27.6 Å². The zero-order valence-electron chi connectivity index (χ0n) is 20.9. The summed E-state index contributed by atoms with van der Waals surface area (Å²) < 4.78 is 67.8. The minimum Gasteiger partial charge on any atom is -0.391 e. The molecule has 1 aliphatic carbocycles. The molecule has 1 fully saturated rings. The van der Waals surface area contributed by atoms with Gasteiger partial charge in [0, 0.05) is 11.3 Å². The van der Waals surface area contributed by atoms with Crippen LogP contribution in [0, 0.1) is 6.92 Å². The van der Waals surface area contributed by atoms with E-state index in [0.29, 0.717) is 40.6 Å². The van der Waals surface area contributed by atoms with E-state index in [0.717, 1.165) is 12.8 Å². The Hall–Kier alpha value is -3.09. The highest BCUT2D eigenvalue weighted by molar-refractivity contribution is 7.87. The molecule has 0 saturated heterocycles. The van der Waals surface area contributed by atoms with Crippen LogP contribution in [0.1, 0.15) is 48.3 Å². The van der Waals surface area contributed by atoms with Crippen LogP contribution in [0.25, 0.3) is 17.1 Å². The van der Waals surface area contributed by atoms with Gasteiger partial charge in [-0.2, -0.15) is 21.6 Å². The van der Waals surface area contributed by atoms with Gasteiger partial charge in [0.2, 0.25) is 0 Å². The number of alkyl halides is 3. The summed E-state index contributed by atoms with van der Waals surface area (Å²) in [5.41, 5.74) is 1.60. The molecular weight excluding hydrogens is 559 g/mol. The highest BCUT2D eigenvalue weighted by Crippen LogP contribution is 2.32. The second kappa shape index (κ2) is 11.6. The lowest BCUT2D eigenvalue weighted by atomic mass is 9.92. The van der Waals surface area contributed by atoms with E-state index in [1.165, 1.54) is 24.3 Å². The highest BCUT2D eigenvalue weighted by atomic mass is 35.5. The van der Waals surface area contributed by atoms with Crippen LogP contribution in [0.2, 0.25) is 5.02 Å². The summed E-state index contributed by atoms with van der Waals surface area (Å²) in [5, 5.41) is 13.6. The Morgan fingerprint density at radius 1 is 1.15 bits per heavy atom. The van der Waals surface area contributed by atoms with Crippen LogP contribution in [-0.4, -0.2) is 53.1 Å². The number of hydrogen-bond donors (Lipinski definition) is 2. The molecule has 2 aromatic carbocycles. The topological polar surface area (TPSA) is 111 Å². The van der Waals surface area contributed by atoms with Gasteiger partial charge >= 0.3 is 16.3 Å². The van der Waals surface area contributed by atoms with Crippen molar-refractivity contribution in [2.45, 2.75) is 57.3 Å². The van der Waals surface area contributed by atoms with Crippen molar-refractivity contribution in [2.75, 3.05) is 5.75 Å². The lowest BCUT2D eigenvalue weighted by molar-refractivity contribution is -0.130. The van der Waals surface area contributed by atoms with Gasteiger partial charge < -0.3 is 14.6 Å². The summed E-state index contributed by atoms with van der Waals surface area (Å²) in [6.07, 6.45) is -3.77. The van der Waals surface area contributed by atoms with Crippen molar-refractivity contribution in [1.29, 1.82) is 0 Å². The predicted molar refractivity (Wildman–Crippen MR) is 140 cm³/mol. The number of nitrogens with zero attached hydrogens (tertiary/aromatic N) is 2. The third-order valence-corrected chi connectivity index (χ3v) is 7.92. The van der Waals surface area contributed by atoms with Gasteiger partial charge in [-0.15, -0.1) is 0 Å². The molecular formula is C26H27ClF3N3O5S. The molecule has 2 N–H and O–H groups in total. The first-order valence-electron chi connectivity index (χ1n) is 12.3. The van der Waals surface area contributed by atoms with Crippen LogP contribution in [0.5, 0.6) is 5.75 Å². The van der Waals surface area contributed by atoms with E-state index in [1.54, 1.807) is 35.8 Å². The summed E-state index contributed by atoms with van der Waals surface area (Å²) in [6.45, 7) is 1.69. The van der Waals surface area contributed by atoms with Crippen LogP contribution in [0.15, 0.2) is 48.5 Å². The largest absolute Gasteiger partial charge is 0.391 e. The number of hydrogen-bond acceptors (Lipinski definition) is 6. The number of halogens is 4. The van der Waals surface area contributed by atoms with Crippen molar-refractivity contribution in [3.63, 3.8) is 0 Å². The lowest BCUT2D eigenvalue weighted by Gasteiger charge is -2.28. The van der Waals surface area contributed by atoms with Gasteiger partial charge in [-0.05, 0) is 56.2 Å². The molecule has 4 rings (SSSR count). The van der Waals surface area contributed by atoms with Crippen LogP contribution in [0.3, 0.4) is 0 Å². The number of carbonyl (C=O) groups is 1. The number of amides is 1. The Morgan fingerprint density at radius 3 is 2.46 bits per heavy atom. The molecule has 1 aliphatic rings. The molecule has 0 aliphatic heterocycles. The summed E-state index contributed by atoms with van der Waals surface area (Å²) >= 11 is 6.44. The Balaban J connectivity index is 1.67. The molecule has 1 amide bonds. The third kappa shape index (κ3) is 7.11. The zero-order valence-corrected chi connectivity index (χ0v) is 22.5. The maximum Gasteiger partial charge on any atom is 0.390 e. The molecule has 0 radical (unpaired) electrons. The molecule has 2 atom stereocenters. The monoisotopic (exact) mass is 585 g/mol. The van der Waals surface area contributed by atoms with Crippen molar-refractivity contribution < 1.29 is 35.7 Å². The second-order valence-corrected chi connectivity index (χ2v) is 11.4. The first-order chi connectivity index (χ1) is 18.3. The molecule has 39 heavy (non-hydrogen) atoms. The predicted octanol–water partition coefficient (Wildman–Crippen LogP) is 5.20. The molecule has 1 saturated carbocycles. The number of benzene rings is 2. The number of rotatable bonds is 8. The maximum absolute atomic E-state index is 13.2. The van der Waals surface area contributed by atoms with E-state index < -0.39 is 46.5 Å². The van der Waals surface area contributed by atoms with Crippen LogP contribution in [0.4, 0.5) is 13.2 Å². The first kappa shape index (κ1) is 28.9. The standard InChI is InChI=1S/C26H27ClF3N3O5S/c1-16-23(25(35)31-21-8-4-5-9-22(21)34)32-24(19-6-2-3-7-20(19)27)33(16)17-10-12-18(13-11-17)38-39(36,37)15-14-26(28,29)30/h2-3,6-7,10-13,21-22,34H,4-5,8-9,14-15H2,1H3,(H,31,35)/t21-,22+/m0/s1. The van der Waals surface area contributed by atoms with Gasteiger partial charge in [0.15, 0.2) is 0 Å². The Morgan fingerprint density at radius 2 is 1.82 bits per heavy atom. The minimum atomic E-state index is -4.63. The Bertz CT molecular complexity index is 1440. The molecule has 210 valence electrons. The van der Waals surface area contributed by atoms with E-state index in [2.05, 4.69) is 10.3 Å². The number of nitrogens with one attached hydrogen (secondary N) is 1. The summed E-state index contributed by atoms with van der Waals surface area (Å²) in [4.78, 5) is 17.8. The van der Waals surface area contributed by atoms with Gasteiger partial charge in [0.1, 0.15) is 17.3 Å². The third-order valence-electron chi connectivity index (χ3n) is 6.44. The average molecular weight is 586 g/mol. The number of aliphatic hydroxyl groups excluding tert-OH is 1. The van der Waals surface area contributed by atoms with E-state index in [9.17, 15) is 31.5 Å². The van der Waals surface area contributed by atoms with E-state index >= 15 is 0 Å². The van der Waals surface area contributed by atoms with Crippen molar-refractivity contribution in [3.8, 4) is 22.8 Å². The van der Waals surface area contributed by atoms with Gasteiger partial charge in [0.05, 0.1) is 35.0 Å². The fraction of sp³-hybridized carbons (Fsp3) is 0.385.